The highest BCUT2D eigenvalue weighted by atomic mass is 19.1. The van der Waals surface area contributed by atoms with Crippen LogP contribution in [0.25, 0.3) is 11.1 Å². The molecule has 2 aromatic rings. The average molecular weight is 330 g/mol. The van der Waals surface area contributed by atoms with Crippen molar-refractivity contribution >= 4 is 12.6 Å². The number of hydrogen-bond donors (Lipinski definition) is 0. The second-order valence-corrected chi connectivity index (χ2v) is 6.29. The van der Waals surface area contributed by atoms with Crippen LogP contribution in [0.3, 0.4) is 0 Å². The van der Waals surface area contributed by atoms with Gasteiger partial charge in [0.25, 0.3) is 0 Å². The average Bonchev–Trinajstić information content (AvgIpc) is 2.60. The van der Waals surface area contributed by atoms with E-state index in [4.69, 9.17) is 9.31 Å². The van der Waals surface area contributed by atoms with E-state index in [1.807, 2.05) is 24.3 Å². The third kappa shape index (κ3) is 4.22. The van der Waals surface area contributed by atoms with E-state index < -0.39 is 11.6 Å². The van der Waals surface area contributed by atoms with Gasteiger partial charge in [-0.3, -0.25) is 0 Å². The van der Waals surface area contributed by atoms with Crippen LogP contribution in [0.1, 0.15) is 26.2 Å². The first-order valence-corrected chi connectivity index (χ1v) is 8.45. The zero-order valence-electron chi connectivity index (χ0n) is 13.8. The highest BCUT2D eigenvalue weighted by molar-refractivity contribution is 6.61. The summed E-state index contributed by atoms with van der Waals surface area (Å²) in [7, 11) is -0.360. The minimum atomic E-state index is -0.578. The van der Waals surface area contributed by atoms with Gasteiger partial charge in [-0.2, -0.15) is 0 Å². The fraction of sp³-hybridized carbons (Fsp3) is 0.368. The van der Waals surface area contributed by atoms with E-state index in [0.717, 1.165) is 23.5 Å². The molecule has 2 aromatic carbocycles. The Kier molecular flexibility index (Phi) is 5.64. The van der Waals surface area contributed by atoms with Gasteiger partial charge in [0.05, 0.1) is 0 Å². The van der Waals surface area contributed by atoms with Gasteiger partial charge in [0.15, 0.2) is 0 Å². The summed E-state index contributed by atoms with van der Waals surface area (Å²) in [5.41, 5.74) is 2.20. The molecule has 1 aliphatic heterocycles. The Morgan fingerprint density at radius 3 is 2.17 bits per heavy atom. The fourth-order valence-corrected chi connectivity index (χ4v) is 2.95. The van der Waals surface area contributed by atoms with Crippen LogP contribution in [0.2, 0.25) is 0 Å². The maximum Gasteiger partial charge on any atom is 0.493 e. The molecular weight excluding hydrogens is 309 g/mol. The van der Waals surface area contributed by atoms with Crippen molar-refractivity contribution in [1.29, 1.82) is 0 Å². The van der Waals surface area contributed by atoms with Gasteiger partial charge in [-0.1, -0.05) is 44.0 Å². The van der Waals surface area contributed by atoms with E-state index in [2.05, 4.69) is 6.92 Å². The van der Waals surface area contributed by atoms with Crippen LogP contribution in [-0.4, -0.2) is 20.3 Å². The molecule has 2 nitrogen and oxygen atoms in total. The summed E-state index contributed by atoms with van der Waals surface area (Å²) in [5.74, 6) is -0.687. The van der Waals surface area contributed by atoms with Crippen molar-refractivity contribution in [3.63, 3.8) is 0 Å². The minimum absolute atomic E-state index is 0.360. The Morgan fingerprint density at radius 1 is 0.958 bits per heavy atom. The molecule has 1 aliphatic rings. The van der Waals surface area contributed by atoms with Crippen molar-refractivity contribution in [2.75, 3.05) is 13.2 Å². The molecule has 0 aliphatic carbocycles. The molecule has 0 radical (unpaired) electrons. The number of halogens is 2. The van der Waals surface area contributed by atoms with Gasteiger partial charge in [-0.25, -0.2) is 8.78 Å². The van der Waals surface area contributed by atoms with E-state index in [9.17, 15) is 8.78 Å². The second-order valence-electron chi connectivity index (χ2n) is 6.29. The van der Waals surface area contributed by atoms with E-state index in [0.29, 0.717) is 24.7 Å². The van der Waals surface area contributed by atoms with Gasteiger partial charge >= 0.3 is 7.12 Å². The summed E-state index contributed by atoms with van der Waals surface area (Å²) >= 11 is 0. The fourth-order valence-electron chi connectivity index (χ4n) is 2.95. The zero-order chi connectivity index (χ0) is 16.9. The molecule has 1 fully saturated rings. The van der Waals surface area contributed by atoms with Crippen molar-refractivity contribution in [1.82, 2.24) is 0 Å². The van der Waals surface area contributed by atoms with E-state index in [1.54, 1.807) is 0 Å². The molecule has 3 rings (SSSR count). The van der Waals surface area contributed by atoms with Gasteiger partial charge in [-0.15, -0.1) is 0 Å². The van der Waals surface area contributed by atoms with Crippen molar-refractivity contribution in [3.05, 3.63) is 54.1 Å². The number of hydrogen-bond acceptors (Lipinski definition) is 2. The highest BCUT2D eigenvalue weighted by Crippen LogP contribution is 2.21. The molecule has 0 amide bonds. The standard InChI is InChI=1S/C19H21BF2O2/c1-2-3-4-14-12-23-20(24-13-14)17-7-5-15(6-8-17)16-9-18(21)11-19(22)10-16/h5-11,14H,2-4,12-13H2,1H3. The summed E-state index contributed by atoms with van der Waals surface area (Å²) in [5, 5.41) is 0. The van der Waals surface area contributed by atoms with E-state index >= 15 is 0 Å². The second kappa shape index (κ2) is 7.91. The van der Waals surface area contributed by atoms with Crippen LogP contribution in [0, 0.1) is 17.6 Å². The SMILES string of the molecule is CCCCC1COB(c2ccc(-c3cc(F)cc(F)c3)cc2)OC1. The Balaban J connectivity index is 1.65. The molecule has 0 atom stereocenters. The number of rotatable bonds is 5. The van der Waals surface area contributed by atoms with E-state index in [-0.39, 0.29) is 7.12 Å². The molecule has 1 heterocycles. The first kappa shape index (κ1) is 17.1. The first-order chi connectivity index (χ1) is 11.7. The summed E-state index contributed by atoms with van der Waals surface area (Å²) < 4.78 is 38.3. The van der Waals surface area contributed by atoms with Crippen LogP contribution >= 0.6 is 0 Å². The molecule has 126 valence electrons. The van der Waals surface area contributed by atoms with Crippen molar-refractivity contribution in [3.8, 4) is 11.1 Å². The molecule has 0 spiro atoms. The molecule has 0 aromatic heterocycles. The molecule has 24 heavy (non-hydrogen) atoms. The van der Waals surface area contributed by atoms with Crippen LogP contribution in [-0.2, 0) is 9.31 Å². The summed E-state index contributed by atoms with van der Waals surface area (Å²) in [4.78, 5) is 0. The largest absolute Gasteiger partial charge is 0.493 e. The topological polar surface area (TPSA) is 18.5 Å². The third-order valence-electron chi connectivity index (χ3n) is 4.31. The molecule has 0 unspecified atom stereocenters. The van der Waals surface area contributed by atoms with Gasteiger partial charge in [0.1, 0.15) is 11.6 Å². The Bertz CT molecular complexity index is 647. The molecule has 0 N–H and O–H groups in total. The third-order valence-corrected chi connectivity index (χ3v) is 4.31. The van der Waals surface area contributed by atoms with E-state index in [1.165, 1.54) is 25.0 Å². The predicted octanol–water partition coefficient (Wildman–Crippen LogP) is 4.18. The lowest BCUT2D eigenvalue weighted by molar-refractivity contribution is 0.0813. The summed E-state index contributed by atoms with van der Waals surface area (Å²) in [6.07, 6.45) is 3.51. The summed E-state index contributed by atoms with van der Waals surface area (Å²) in [6, 6.07) is 11.0. The van der Waals surface area contributed by atoms with Crippen LogP contribution in [0.5, 0.6) is 0 Å². The van der Waals surface area contributed by atoms with Crippen LogP contribution in [0.4, 0.5) is 8.78 Å². The van der Waals surface area contributed by atoms with Gasteiger partial charge in [-0.05, 0) is 35.1 Å². The van der Waals surface area contributed by atoms with Gasteiger partial charge in [0.2, 0.25) is 0 Å². The Morgan fingerprint density at radius 2 is 1.58 bits per heavy atom. The molecule has 0 saturated carbocycles. The molecule has 5 heteroatoms. The zero-order valence-corrected chi connectivity index (χ0v) is 13.8. The predicted molar refractivity (Wildman–Crippen MR) is 92.1 cm³/mol. The maximum absolute atomic E-state index is 13.3. The van der Waals surface area contributed by atoms with Gasteiger partial charge in [0, 0.05) is 25.2 Å². The van der Waals surface area contributed by atoms with Crippen molar-refractivity contribution in [2.45, 2.75) is 26.2 Å². The monoisotopic (exact) mass is 330 g/mol. The lowest BCUT2D eigenvalue weighted by Crippen LogP contribution is -2.44. The van der Waals surface area contributed by atoms with Crippen LogP contribution in [0.15, 0.2) is 42.5 Å². The Hall–Kier alpha value is -1.72. The number of unbranched alkanes of at least 4 members (excludes halogenated alkanes) is 1. The smallest absolute Gasteiger partial charge is 0.407 e. The molecule has 0 bridgehead atoms. The first-order valence-electron chi connectivity index (χ1n) is 8.45. The van der Waals surface area contributed by atoms with Crippen molar-refractivity contribution in [2.24, 2.45) is 5.92 Å². The normalized spacial score (nSPS) is 15.7. The minimum Gasteiger partial charge on any atom is -0.407 e. The summed E-state index contributed by atoms with van der Waals surface area (Å²) in [6.45, 7) is 3.60. The molecular formula is C19H21BF2O2. The highest BCUT2D eigenvalue weighted by Gasteiger charge is 2.28. The quantitative estimate of drug-likeness (QED) is 0.766. The van der Waals surface area contributed by atoms with Crippen LogP contribution < -0.4 is 5.46 Å². The molecule has 1 saturated heterocycles. The lowest BCUT2D eigenvalue weighted by Gasteiger charge is -2.27. The lowest BCUT2D eigenvalue weighted by atomic mass is 9.76. The Labute approximate surface area is 141 Å². The van der Waals surface area contributed by atoms with Gasteiger partial charge < -0.3 is 9.31 Å². The number of benzene rings is 2. The maximum atomic E-state index is 13.3. The van der Waals surface area contributed by atoms with Crippen molar-refractivity contribution < 1.29 is 18.1 Å².